The lowest BCUT2D eigenvalue weighted by Crippen LogP contribution is -2.17. The highest BCUT2D eigenvalue weighted by Gasteiger charge is 2.19. The van der Waals surface area contributed by atoms with E-state index in [1.54, 1.807) is 12.1 Å². The molecule has 4 nitrogen and oxygen atoms in total. The van der Waals surface area contributed by atoms with Crippen molar-refractivity contribution in [3.63, 3.8) is 0 Å². The van der Waals surface area contributed by atoms with Gasteiger partial charge in [-0.05, 0) is 30.3 Å². The fraction of sp³-hybridized carbons (Fsp3) is 0. The number of hydrogen-bond acceptors (Lipinski definition) is 4. The summed E-state index contributed by atoms with van der Waals surface area (Å²) < 4.78 is 14.5. The van der Waals surface area contributed by atoms with Gasteiger partial charge in [-0.1, -0.05) is 42.1 Å². The van der Waals surface area contributed by atoms with Crippen molar-refractivity contribution in [1.82, 2.24) is 0 Å². The Morgan fingerprint density at radius 2 is 1.68 bits per heavy atom. The predicted molar refractivity (Wildman–Crippen MR) is 97.8 cm³/mol. The first-order valence-corrected chi connectivity index (χ1v) is 8.90. The number of rotatable bonds is 5. The van der Waals surface area contributed by atoms with Gasteiger partial charge in [-0.2, -0.15) is 0 Å². The van der Waals surface area contributed by atoms with Crippen LogP contribution < -0.4 is 11.1 Å². The summed E-state index contributed by atoms with van der Waals surface area (Å²) in [6, 6.07) is 16.9. The van der Waals surface area contributed by atoms with Crippen LogP contribution in [0.2, 0.25) is 0 Å². The molecule has 0 spiro atoms. The van der Waals surface area contributed by atoms with E-state index in [1.807, 2.05) is 30.3 Å². The van der Waals surface area contributed by atoms with Gasteiger partial charge in [0.15, 0.2) is 0 Å². The van der Waals surface area contributed by atoms with E-state index in [-0.39, 0.29) is 11.1 Å². The van der Waals surface area contributed by atoms with E-state index < -0.39 is 17.6 Å². The Morgan fingerprint density at radius 1 is 1.00 bits per heavy atom. The first kappa shape index (κ1) is 17.2. The number of anilines is 1. The molecular weight excluding hydrogens is 359 g/mol. The van der Waals surface area contributed by atoms with E-state index in [0.717, 1.165) is 9.10 Å². The van der Waals surface area contributed by atoms with Crippen molar-refractivity contribution in [1.29, 1.82) is 0 Å². The number of primary amides is 1. The van der Waals surface area contributed by atoms with E-state index >= 15 is 0 Å². The van der Waals surface area contributed by atoms with Crippen LogP contribution in [0.3, 0.4) is 0 Å². The first-order chi connectivity index (χ1) is 12.0. The number of thiophene rings is 1. The molecular formula is C18H13FN2O2S2. The summed E-state index contributed by atoms with van der Waals surface area (Å²) in [5.41, 5.74) is 5.51. The van der Waals surface area contributed by atoms with Crippen LogP contribution in [0.1, 0.15) is 20.7 Å². The molecule has 126 valence electrons. The van der Waals surface area contributed by atoms with E-state index in [0.29, 0.717) is 5.00 Å². The molecule has 0 saturated carbocycles. The van der Waals surface area contributed by atoms with Gasteiger partial charge in [-0.25, -0.2) is 4.39 Å². The van der Waals surface area contributed by atoms with Gasteiger partial charge in [0.1, 0.15) is 10.8 Å². The monoisotopic (exact) mass is 372 g/mol. The van der Waals surface area contributed by atoms with Gasteiger partial charge in [-0.3, -0.25) is 9.59 Å². The molecule has 3 aromatic rings. The minimum atomic E-state index is -0.653. The molecule has 0 saturated heterocycles. The third-order valence-corrected chi connectivity index (χ3v) is 5.45. The van der Waals surface area contributed by atoms with Crippen LogP contribution in [0.4, 0.5) is 9.39 Å². The molecule has 3 rings (SSSR count). The number of nitrogens with two attached hydrogens (primary N) is 1. The van der Waals surface area contributed by atoms with E-state index in [1.165, 1.54) is 41.3 Å². The summed E-state index contributed by atoms with van der Waals surface area (Å²) in [4.78, 5) is 24.9. The van der Waals surface area contributed by atoms with E-state index in [4.69, 9.17) is 5.73 Å². The largest absolute Gasteiger partial charge is 0.366 e. The van der Waals surface area contributed by atoms with Crippen molar-refractivity contribution in [2.24, 2.45) is 5.73 Å². The van der Waals surface area contributed by atoms with Crippen molar-refractivity contribution in [2.45, 2.75) is 9.10 Å². The average Bonchev–Trinajstić information content (AvgIpc) is 2.98. The van der Waals surface area contributed by atoms with Crippen molar-refractivity contribution in [2.75, 3.05) is 5.32 Å². The number of benzene rings is 2. The molecule has 0 aliphatic rings. The van der Waals surface area contributed by atoms with Crippen LogP contribution in [0, 0.1) is 5.82 Å². The maximum absolute atomic E-state index is 13.7. The van der Waals surface area contributed by atoms with Gasteiger partial charge in [-0.15, -0.1) is 11.3 Å². The van der Waals surface area contributed by atoms with Crippen LogP contribution in [-0.2, 0) is 0 Å². The van der Waals surface area contributed by atoms with E-state index in [2.05, 4.69) is 5.32 Å². The molecule has 0 atom stereocenters. The summed E-state index contributed by atoms with van der Waals surface area (Å²) in [6.45, 7) is 0. The third-order valence-electron chi connectivity index (χ3n) is 3.28. The Hall–Kier alpha value is -2.64. The molecule has 0 radical (unpaired) electrons. The second kappa shape index (κ2) is 7.50. The standard InChI is InChI=1S/C18H13FN2O2S2/c19-14-9-5-4-8-12(14)17(23)21-18-13(16(20)22)10-15(25-18)24-11-6-2-1-3-7-11/h1-10H,(H2,20,22)(H,21,23). The summed E-state index contributed by atoms with van der Waals surface area (Å²) in [6.07, 6.45) is 0. The highest BCUT2D eigenvalue weighted by Crippen LogP contribution is 2.38. The van der Waals surface area contributed by atoms with Crippen LogP contribution in [0.15, 0.2) is 69.8 Å². The molecule has 0 bridgehead atoms. The van der Waals surface area contributed by atoms with Gasteiger partial charge in [0.05, 0.1) is 15.3 Å². The van der Waals surface area contributed by atoms with Gasteiger partial charge < -0.3 is 11.1 Å². The molecule has 3 N–H and O–H groups in total. The molecule has 0 fully saturated rings. The van der Waals surface area contributed by atoms with Gasteiger partial charge >= 0.3 is 0 Å². The third kappa shape index (κ3) is 4.07. The lowest BCUT2D eigenvalue weighted by molar-refractivity contribution is 0.100. The predicted octanol–water partition coefficient (Wildman–Crippen LogP) is 4.39. The van der Waals surface area contributed by atoms with Crippen LogP contribution in [-0.4, -0.2) is 11.8 Å². The first-order valence-electron chi connectivity index (χ1n) is 7.27. The maximum atomic E-state index is 13.7. The Morgan fingerprint density at radius 3 is 2.36 bits per heavy atom. The number of hydrogen-bond donors (Lipinski definition) is 2. The summed E-state index contributed by atoms with van der Waals surface area (Å²) in [5, 5.41) is 2.89. The molecule has 1 heterocycles. The molecule has 2 amide bonds. The number of halogens is 1. The zero-order chi connectivity index (χ0) is 17.8. The zero-order valence-electron chi connectivity index (χ0n) is 12.9. The fourth-order valence-corrected chi connectivity index (χ4v) is 4.31. The normalized spacial score (nSPS) is 10.4. The van der Waals surface area contributed by atoms with Crippen molar-refractivity contribution >= 4 is 39.9 Å². The quantitative estimate of drug-likeness (QED) is 0.698. The number of nitrogens with one attached hydrogen (secondary N) is 1. The molecule has 25 heavy (non-hydrogen) atoms. The Balaban J connectivity index is 1.86. The summed E-state index contributed by atoms with van der Waals surface area (Å²) in [7, 11) is 0. The molecule has 7 heteroatoms. The Labute approximate surface area is 151 Å². The van der Waals surface area contributed by atoms with E-state index in [9.17, 15) is 14.0 Å². The Bertz CT molecular complexity index is 926. The van der Waals surface area contributed by atoms with Gasteiger partial charge in [0.2, 0.25) is 0 Å². The molecule has 2 aromatic carbocycles. The van der Waals surface area contributed by atoms with Crippen LogP contribution >= 0.6 is 23.1 Å². The molecule has 1 aromatic heterocycles. The minimum Gasteiger partial charge on any atom is -0.366 e. The second-order valence-corrected chi connectivity index (χ2v) is 7.45. The van der Waals surface area contributed by atoms with Crippen molar-refractivity contribution < 1.29 is 14.0 Å². The topological polar surface area (TPSA) is 72.2 Å². The average molecular weight is 372 g/mol. The molecule has 0 aliphatic heterocycles. The summed E-state index contributed by atoms with van der Waals surface area (Å²) in [5.74, 6) is -1.91. The lowest BCUT2D eigenvalue weighted by atomic mass is 10.2. The fourth-order valence-electron chi connectivity index (χ4n) is 2.12. The van der Waals surface area contributed by atoms with Crippen LogP contribution in [0.5, 0.6) is 0 Å². The second-order valence-electron chi connectivity index (χ2n) is 5.02. The highest BCUT2D eigenvalue weighted by atomic mass is 32.2. The Kier molecular flexibility index (Phi) is 5.16. The SMILES string of the molecule is NC(=O)c1cc(Sc2ccccc2)sc1NC(=O)c1ccccc1F. The number of carbonyl (C=O) groups is 2. The van der Waals surface area contributed by atoms with Crippen molar-refractivity contribution in [3.8, 4) is 0 Å². The minimum absolute atomic E-state index is 0.0939. The number of carbonyl (C=O) groups excluding carboxylic acids is 2. The number of amides is 2. The lowest BCUT2D eigenvalue weighted by Gasteiger charge is -2.05. The zero-order valence-corrected chi connectivity index (χ0v) is 14.5. The highest BCUT2D eigenvalue weighted by molar-refractivity contribution is 8.01. The van der Waals surface area contributed by atoms with Gasteiger partial charge in [0.25, 0.3) is 11.8 Å². The van der Waals surface area contributed by atoms with Crippen molar-refractivity contribution in [3.05, 3.63) is 77.6 Å². The summed E-state index contributed by atoms with van der Waals surface area (Å²) >= 11 is 2.67. The van der Waals surface area contributed by atoms with Crippen LogP contribution in [0.25, 0.3) is 0 Å². The maximum Gasteiger partial charge on any atom is 0.259 e. The molecule has 0 aliphatic carbocycles. The molecule has 0 unspecified atom stereocenters. The van der Waals surface area contributed by atoms with Gasteiger partial charge in [0, 0.05) is 4.90 Å². The smallest absolute Gasteiger partial charge is 0.259 e.